The standard InChI is InChI=1S/C14H22N2O2.ClH/c1-10-5-4-6-11(2)14(10)18-9-12(3)16-13(17)7-8-15;/h4-6,12H,7-9,15H2,1-3H3,(H,16,17);1H. The molecule has 0 spiro atoms. The average Bonchev–Trinajstić information content (AvgIpc) is 2.28. The molecule has 19 heavy (non-hydrogen) atoms. The molecule has 0 aliphatic carbocycles. The Morgan fingerprint density at radius 2 is 1.95 bits per heavy atom. The highest BCUT2D eigenvalue weighted by molar-refractivity contribution is 5.85. The van der Waals surface area contributed by atoms with Crippen LogP contribution in [0, 0.1) is 13.8 Å². The summed E-state index contributed by atoms with van der Waals surface area (Å²) in [6, 6.07) is 6.01. The van der Waals surface area contributed by atoms with E-state index in [1.165, 1.54) is 0 Å². The fourth-order valence-corrected chi connectivity index (χ4v) is 1.75. The number of ether oxygens (including phenoxy) is 1. The largest absolute Gasteiger partial charge is 0.491 e. The number of amides is 1. The Morgan fingerprint density at radius 1 is 1.37 bits per heavy atom. The molecular weight excluding hydrogens is 264 g/mol. The van der Waals surface area contributed by atoms with Crippen molar-refractivity contribution in [2.75, 3.05) is 13.2 Å². The van der Waals surface area contributed by atoms with E-state index in [1.54, 1.807) is 0 Å². The van der Waals surface area contributed by atoms with E-state index < -0.39 is 0 Å². The Hall–Kier alpha value is -1.26. The summed E-state index contributed by atoms with van der Waals surface area (Å²) in [4.78, 5) is 11.4. The molecule has 4 nitrogen and oxygen atoms in total. The lowest BCUT2D eigenvalue weighted by Gasteiger charge is -2.17. The second kappa shape index (κ2) is 8.77. The van der Waals surface area contributed by atoms with E-state index >= 15 is 0 Å². The van der Waals surface area contributed by atoms with E-state index in [-0.39, 0.29) is 24.4 Å². The minimum Gasteiger partial charge on any atom is -0.491 e. The van der Waals surface area contributed by atoms with E-state index in [4.69, 9.17) is 10.5 Å². The van der Waals surface area contributed by atoms with Gasteiger partial charge in [-0.05, 0) is 31.9 Å². The van der Waals surface area contributed by atoms with Crippen LogP contribution in [0.2, 0.25) is 0 Å². The Balaban J connectivity index is 0.00000324. The van der Waals surface area contributed by atoms with Gasteiger partial charge >= 0.3 is 0 Å². The van der Waals surface area contributed by atoms with Crippen molar-refractivity contribution in [2.45, 2.75) is 33.2 Å². The zero-order valence-corrected chi connectivity index (χ0v) is 12.5. The number of para-hydroxylation sites is 1. The van der Waals surface area contributed by atoms with E-state index in [2.05, 4.69) is 5.32 Å². The van der Waals surface area contributed by atoms with Crippen LogP contribution < -0.4 is 15.8 Å². The van der Waals surface area contributed by atoms with Crippen molar-refractivity contribution in [3.63, 3.8) is 0 Å². The van der Waals surface area contributed by atoms with Gasteiger partial charge in [0.15, 0.2) is 0 Å². The molecule has 1 rings (SSSR count). The van der Waals surface area contributed by atoms with Crippen molar-refractivity contribution in [2.24, 2.45) is 5.73 Å². The first-order chi connectivity index (χ1) is 8.54. The molecule has 1 aromatic carbocycles. The van der Waals surface area contributed by atoms with Crippen molar-refractivity contribution in [1.82, 2.24) is 5.32 Å². The fraction of sp³-hybridized carbons (Fsp3) is 0.500. The Labute approximate surface area is 121 Å². The quantitative estimate of drug-likeness (QED) is 0.840. The van der Waals surface area contributed by atoms with Crippen LogP contribution in [0.15, 0.2) is 18.2 Å². The maximum Gasteiger partial charge on any atom is 0.221 e. The third-order valence-corrected chi connectivity index (χ3v) is 2.67. The molecule has 1 aromatic rings. The van der Waals surface area contributed by atoms with Gasteiger partial charge in [-0.1, -0.05) is 18.2 Å². The Bertz CT molecular complexity index is 390. The lowest BCUT2D eigenvalue weighted by atomic mass is 10.1. The maximum absolute atomic E-state index is 11.4. The summed E-state index contributed by atoms with van der Waals surface area (Å²) in [5.41, 5.74) is 7.53. The number of carbonyl (C=O) groups excluding carboxylic acids is 1. The van der Waals surface area contributed by atoms with E-state index in [0.29, 0.717) is 19.6 Å². The predicted molar refractivity (Wildman–Crippen MR) is 79.9 cm³/mol. The molecule has 0 radical (unpaired) electrons. The molecule has 5 heteroatoms. The molecule has 0 aliphatic heterocycles. The number of hydrogen-bond acceptors (Lipinski definition) is 3. The first-order valence-electron chi connectivity index (χ1n) is 6.23. The molecule has 0 aliphatic rings. The zero-order valence-electron chi connectivity index (χ0n) is 11.7. The number of rotatable bonds is 6. The average molecular weight is 287 g/mol. The third-order valence-electron chi connectivity index (χ3n) is 2.67. The molecular formula is C14H23ClN2O2. The number of aryl methyl sites for hydroxylation is 2. The lowest BCUT2D eigenvalue weighted by Crippen LogP contribution is -2.37. The number of halogens is 1. The van der Waals surface area contributed by atoms with Gasteiger partial charge in [0, 0.05) is 13.0 Å². The minimum atomic E-state index is -0.0323. The molecule has 1 amide bonds. The lowest BCUT2D eigenvalue weighted by molar-refractivity contribution is -0.121. The summed E-state index contributed by atoms with van der Waals surface area (Å²) in [7, 11) is 0. The zero-order chi connectivity index (χ0) is 13.5. The van der Waals surface area contributed by atoms with Gasteiger partial charge in [-0.2, -0.15) is 0 Å². The molecule has 3 N–H and O–H groups in total. The van der Waals surface area contributed by atoms with Crippen molar-refractivity contribution in [1.29, 1.82) is 0 Å². The monoisotopic (exact) mass is 286 g/mol. The predicted octanol–water partition coefficient (Wildman–Crippen LogP) is 1.96. The van der Waals surface area contributed by atoms with Gasteiger partial charge in [0.25, 0.3) is 0 Å². The molecule has 0 fully saturated rings. The Morgan fingerprint density at radius 3 is 2.47 bits per heavy atom. The molecule has 0 saturated carbocycles. The summed E-state index contributed by atoms with van der Waals surface area (Å²) in [5, 5.41) is 2.85. The van der Waals surface area contributed by atoms with Crippen molar-refractivity contribution < 1.29 is 9.53 Å². The van der Waals surface area contributed by atoms with Crippen LogP contribution in [0.5, 0.6) is 5.75 Å². The van der Waals surface area contributed by atoms with E-state index in [9.17, 15) is 4.79 Å². The molecule has 1 atom stereocenters. The number of benzene rings is 1. The van der Waals surface area contributed by atoms with Gasteiger partial charge in [0.2, 0.25) is 5.91 Å². The van der Waals surface area contributed by atoms with Crippen molar-refractivity contribution >= 4 is 18.3 Å². The third kappa shape index (κ3) is 5.94. The molecule has 0 aromatic heterocycles. The summed E-state index contributed by atoms with van der Waals surface area (Å²) in [5.74, 6) is 0.868. The SMILES string of the molecule is Cc1cccc(C)c1OCC(C)NC(=O)CCN.Cl. The van der Waals surface area contributed by atoms with Crippen LogP contribution >= 0.6 is 12.4 Å². The normalized spacial score (nSPS) is 11.4. The smallest absolute Gasteiger partial charge is 0.221 e. The van der Waals surface area contributed by atoms with E-state index in [0.717, 1.165) is 16.9 Å². The van der Waals surface area contributed by atoms with Gasteiger partial charge in [0.1, 0.15) is 12.4 Å². The van der Waals surface area contributed by atoms with Crippen LogP contribution in [0.25, 0.3) is 0 Å². The number of nitrogens with one attached hydrogen (secondary N) is 1. The topological polar surface area (TPSA) is 64.3 Å². The highest BCUT2D eigenvalue weighted by Crippen LogP contribution is 2.22. The summed E-state index contributed by atoms with van der Waals surface area (Å²) in [6.07, 6.45) is 0.355. The fourth-order valence-electron chi connectivity index (χ4n) is 1.75. The van der Waals surface area contributed by atoms with Gasteiger partial charge in [0.05, 0.1) is 6.04 Å². The molecule has 1 unspecified atom stereocenters. The highest BCUT2D eigenvalue weighted by atomic mass is 35.5. The number of nitrogens with two attached hydrogens (primary N) is 1. The van der Waals surface area contributed by atoms with E-state index in [1.807, 2.05) is 39.0 Å². The second-order valence-electron chi connectivity index (χ2n) is 4.54. The summed E-state index contributed by atoms with van der Waals surface area (Å²) < 4.78 is 5.76. The minimum absolute atomic E-state index is 0. The van der Waals surface area contributed by atoms with Gasteiger partial charge in [-0.25, -0.2) is 0 Å². The number of hydrogen-bond donors (Lipinski definition) is 2. The number of carbonyl (C=O) groups is 1. The maximum atomic E-state index is 11.4. The summed E-state index contributed by atoms with van der Waals surface area (Å²) >= 11 is 0. The second-order valence-corrected chi connectivity index (χ2v) is 4.54. The van der Waals surface area contributed by atoms with Crippen LogP contribution in [0.1, 0.15) is 24.5 Å². The van der Waals surface area contributed by atoms with Crippen LogP contribution in [0.4, 0.5) is 0 Å². The van der Waals surface area contributed by atoms with Gasteiger partial charge in [-0.15, -0.1) is 12.4 Å². The molecule has 0 heterocycles. The van der Waals surface area contributed by atoms with Gasteiger partial charge < -0.3 is 15.8 Å². The molecule has 0 bridgehead atoms. The van der Waals surface area contributed by atoms with Crippen LogP contribution in [0.3, 0.4) is 0 Å². The summed E-state index contributed by atoms with van der Waals surface area (Å²) in [6.45, 7) is 6.78. The molecule has 108 valence electrons. The molecule has 0 saturated heterocycles. The first-order valence-corrected chi connectivity index (χ1v) is 6.23. The Kier molecular flexibility index (Phi) is 8.19. The highest BCUT2D eigenvalue weighted by Gasteiger charge is 2.09. The van der Waals surface area contributed by atoms with Crippen LogP contribution in [-0.4, -0.2) is 25.1 Å². The first kappa shape index (κ1) is 17.7. The van der Waals surface area contributed by atoms with Crippen LogP contribution in [-0.2, 0) is 4.79 Å². The van der Waals surface area contributed by atoms with Crippen molar-refractivity contribution in [3.8, 4) is 5.75 Å². The van der Waals surface area contributed by atoms with Crippen molar-refractivity contribution in [3.05, 3.63) is 29.3 Å². The van der Waals surface area contributed by atoms with Gasteiger partial charge in [-0.3, -0.25) is 4.79 Å².